The molecular weight excluding hydrogens is 370 g/mol. The number of rotatable bonds is 7. The number of amides is 2. The van der Waals surface area contributed by atoms with E-state index >= 15 is 0 Å². The van der Waals surface area contributed by atoms with Gasteiger partial charge >= 0.3 is 0 Å². The van der Waals surface area contributed by atoms with Crippen molar-refractivity contribution in [1.82, 2.24) is 20.1 Å². The van der Waals surface area contributed by atoms with Crippen molar-refractivity contribution in [3.05, 3.63) is 35.9 Å². The summed E-state index contributed by atoms with van der Waals surface area (Å²) in [5.74, 6) is 2.60. The average molecular weight is 397 g/mol. The molecule has 1 aromatic heterocycles. The fourth-order valence-corrected chi connectivity index (χ4v) is 3.89. The zero-order chi connectivity index (χ0) is 20.1. The number of fused-ring (bicyclic) bond motifs is 1. The second kappa shape index (κ2) is 9.07. The molecule has 4 rings (SSSR count). The molecular formula is C21H27N5O3. The van der Waals surface area contributed by atoms with E-state index in [4.69, 9.17) is 4.74 Å². The van der Waals surface area contributed by atoms with Gasteiger partial charge in [-0.15, -0.1) is 10.2 Å². The van der Waals surface area contributed by atoms with Crippen LogP contribution in [0.1, 0.15) is 43.8 Å². The zero-order valence-electron chi connectivity index (χ0n) is 16.6. The molecule has 0 saturated carbocycles. The Hall–Kier alpha value is -2.90. The summed E-state index contributed by atoms with van der Waals surface area (Å²) in [5, 5.41) is 11.4. The van der Waals surface area contributed by atoms with Gasteiger partial charge in [0.1, 0.15) is 17.4 Å². The van der Waals surface area contributed by atoms with Gasteiger partial charge in [0.2, 0.25) is 5.91 Å². The predicted molar refractivity (Wildman–Crippen MR) is 108 cm³/mol. The van der Waals surface area contributed by atoms with Crippen molar-refractivity contribution in [2.45, 2.75) is 51.5 Å². The fourth-order valence-electron chi connectivity index (χ4n) is 3.89. The van der Waals surface area contributed by atoms with E-state index < -0.39 is 0 Å². The van der Waals surface area contributed by atoms with Gasteiger partial charge in [-0.1, -0.05) is 6.42 Å². The molecule has 3 heterocycles. The Morgan fingerprint density at radius 2 is 1.90 bits per heavy atom. The molecule has 0 aliphatic carbocycles. The number of ether oxygens (including phenoxy) is 1. The first-order valence-electron chi connectivity index (χ1n) is 10.4. The van der Waals surface area contributed by atoms with Gasteiger partial charge in [-0.05, 0) is 43.5 Å². The number of anilines is 1. The Morgan fingerprint density at radius 1 is 1.03 bits per heavy atom. The largest absolute Gasteiger partial charge is 0.484 e. The molecule has 0 bridgehead atoms. The lowest BCUT2D eigenvalue weighted by molar-refractivity contribution is -0.123. The summed E-state index contributed by atoms with van der Waals surface area (Å²) in [7, 11) is 0. The first-order valence-corrected chi connectivity index (χ1v) is 10.4. The third-order valence-electron chi connectivity index (χ3n) is 5.45. The molecule has 29 heavy (non-hydrogen) atoms. The molecule has 0 unspecified atom stereocenters. The van der Waals surface area contributed by atoms with Crippen molar-refractivity contribution in [2.75, 3.05) is 24.6 Å². The van der Waals surface area contributed by atoms with Crippen LogP contribution in [-0.4, -0.2) is 46.3 Å². The molecule has 0 spiro atoms. The molecule has 1 N–H and O–H groups in total. The Balaban J connectivity index is 1.20. The van der Waals surface area contributed by atoms with E-state index in [2.05, 4.69) is 20.1 Å². The molecule has 0 radical (unpaired) electrons. The van der Waals surface area contributed by atoms with Crippen LogP contribution in [0.25, 0.3) is 0 Å². The maximum Gasteiger partial charge on any atom is 0.257 e. The van der Waals surface area contributed by atoms with Crippen LogP contribution in [0.4, 0.5) is 5.69 Å². The second-order valence-electron chi connectivity index (χ2n) is 7.53. The normalized spacial score (nSPS) is 16.4. The molecule has 2 aliphatic rings. The van der Waals surface area contributed by atoms with Gasteiger partial charge in [-0.25, -0.2) is 0 Å². The maximum absolute atomic E-state index is 12.1. The van der Waals surface area contributed by atoms with Crippen LogP contribution in [0.15, 0.2) is 24.3 Å². The predicted octanol–water partition coefficient (Wildman–Crippen LogP) is 1.87. The van der Waals surface area contributed by atoms with Crippen LogP contribution < -0.4 is 15.0 Å². The van der Waals surface area contributed by atoms with E-state index in [1.807, 2.05) is 12.1 Å². The van der Waals surface area contributed by atoms with Crippen molar-refractivity contribution in [2.24, 2.45) is 0 Å². The quantitative estimate of drug-likeness (QED) is 0.770. The number of hydrogen-bond acceptors (Lipinski definition) is 5. The van der Waals surface area contributed by atoms with Crippen molar-refractivity contribution < 1.29 is 14.3 Å². The molecule has 1 fully saturated rings. The highest BCUT2D eigenvalue weighted by atomic mass is 16.5. The molecule has 8 nitrogen and oxygen atoms in total. The van der Waals surface area contributed by atoms with Gasteiger partial charge in [-0.3, -0.25) is 9.59 Å². The minimum atomic E-state index is -0.167. The lowest BCUT2D eigenvalue weighted by Crippen LogP contribution is -2.31. The SMILES string of the molecule is O=C(COc1ccc(N2CCCC2=O)cc1)NCCc1nnc2n1CCCCC2. The monoisotopic (exact) mass is 397 g/mol. The summed E-state index contributed by atoms with van der Waals surface area (Å²) in [6.45, 7) is 2.20. The third kappa shape index (κ3) is 4.75. The second-order valence-corrected chi connectivity index (χ2v) is 7.53. The smallest absolute Gasteiger partial charge is 0.257 e. The third-order valence-corrected chi connectivity index (χ3v) is 5.45. The fraction of sp³-hybridized carbons (Fsp3) is 0.524. The highest BCUT2D eigenvalue weighted by Crippen LogP contribution is 2.23. The van der Waals surface area contributed by atoms with Gasteiger partial charge in [0, 0.05) is 44.6 Å². The van der Waals surface area contributed by atoms with E-state index in [9.17, 15) is 9.59 Å². The number of nitrogens with zero attached hydrogens (tertiary/aromatic N) is 4. The maximum atomic E-state index is 12.1. The molecule has 0 atom stereocenters. The molecule has 1 saturated heterocycles. The van der Waals surface area contributed by atoms with Crippen LogP contribution in [0.2, 0.25) is 0 Å². The van der Waals surface area contributed by atoms with Crippen LogP contribution in [0.5, 0.6) is 5.75 Å². The first-order chi connectivity index (χ1) is 14.2. The van der Waals surface area contributed by atoms with E-state index in [-0.39, 0.29) is 18.4 Å². The number of benzene rings is 1. The zero-order valence-corrected chi connectivity index (χ0v) is 16.6. The Labute approximate surface area is 170 Å². The summed E-state index contributed by atoms with van der Waals surface area (Å²) in [5.41, 5.74) is 0.872. The highest BCUT2D eigenvalue weighted by Gasteiger charge is 2.21. The average Bonchev–Trinajstić information content (AvgIpc) is 3.25. The highest BCUT2D eigenvalue weighted by molar-refractivity contribution is 5.95. The van der Waals surface area contributed by atoms with Crippen molar-refractivity contribution in [3.63, 3.8) is 0 Å². The van der Waals surface area contributed by atoms with E-state index in [1.54, 1.807) is 17.0 Å². The summed E-state index contributed by atoms with van der Waals surface area (Å²) in [6.07, 6.45) is 6.71. The lowest BCUT2D eigenvalue weighted by atomic mass is 10.2. The van der Waals surface area contributed by atoms with Gasteiger partial charge in [-0.2, -0.15) is 0 Å². The van der Waals surface area contributed by atoms with Gasteiger partial charge < -0.3 is 19.5 Å². The van der Waals surface area contributed by atoms with Crippen molar-refractivity contribution >= 4 is 17.5 Å². The minimum Gasteiger partial charge on any atom is -0.484 e. The summed E-state index contributed by atoms with van der Waals surface area (Å²) in [6, 6.07) is 7.29. The van der Waals surface area contributed by atoms with Crippen LogP contribution in [0.3, 0.4) is 0 Å². The number of hydrogen-bond donors (Lipinski definition) is 1. The molecule has 2 aliphatic heterocycles. The number of nitrogens with one attached hydrogen (secondary N) is 1. The molecule has 1 aromatic carbocycles. The number of carbonyl (C=O) groups excluding carboxylic acids is 2. The molecule has 2 amide bonds. The first kappa shape index (κ1) is 19.4. The van der Waals surface area contributed by atoms with Crippen LogP contribution >= 0.6 is 0 Å². The van der Waals surface area contributed by atoms with Crippen LogP contribution in [0, 0.1) is 0 Å². The summed E-state index contributed by atoms with van der Waals surface area (Å²) < 4.78 is 7.76. The number of aryl methyl sites for hydroxylation is 1. The summed E-state index contributed by atoms with van der Waals surface area (Å²) >= 11 is 0. The lowest BCUT2D eigenvalue weighted by Gasteiger charge is -2.16. The van der Waals surface area contributed by atoms with Crippen molar-refractivity contribution in [1.29, 1.82) is 0 Å². The van der Waals surface area contributed by atoms with E-state index in [0.717, 1.165) is 49.7 Å². The molecule has 154 valence electrons. The molecule has 8 heteroatoms. The Bertz CT molecular complexity index is 862. The van der Waals surface area contributed by atoms with Crippen molar-refractivity contribution in [3.8, 4) is 5.75 Å². The van der Waals surface area contributed by atoms with Gasteiger partial charge in [0.15, 0.2) is 6.61 Å². The molecule has 2 aromatic rings. The Kier molecular flexibility index (Phi) is 6.07. The Morgan fingerprint density at radius 3 is 2.69 bits per heavy atom. The van der Waals surface area contributed by atoms with E-state index in [0.29, 0.717) is 25.1 Å². The number of aromatic nitrogens is 3. The summed E-state index contributed by atoms with van der Waals surface area (Å²) in [4.78, 5) is 25.6. The number of carbonyl (C=O) groups is 2. The van der Waals surface area contributed by atoms with E-state index in [1.165, 1.54) is 12.8 Å². The van der Waals surface area contributed by atoms with Gasteiger partial charge in [0.25, 0.3) is 5.91 Å². The van der Waals surface area contributed by atoms with Crippen LogP contribution in [-0.2, 0) is 29.0 Å². The minimum absolute atomic E-state index is 0.0417. The van der Waals surface area contributed by atoms with Gasteiger partial charge in [0.05, 0.1) is 0 Å². The topological polar surface area (TPSA) is 89.3 Å². The standard InChI is InChI=1S/C21H27N5O3/c27-20(22-12-11-19-24-23-18-5-2-1-3-13-26(18)19)15-29-17-9-7-16(8-10-17)25-14-4-6-21(25)28/h7-10H,1-6,11-15H2,(H,22,27).